The zero-order chi connectivity index (χ0) is 17.6. The first-order chi connectivity index (χ1) is 12.2. The van der Waals surface area contributed by atoms with Crippen LogP contribution in [0.1, 0.15) is 6.92 Å². The van der Waals surface area contributed by atoms with Gasteiger partial charge in [0.15, 0.2) is 0 Å². The van der Waals surface area contributed by atoms with Crippen LogP contribution in [0.25, 0.3) is 10.8 Å². The van der Waals surface area contributed by atoms with Crippen LogP contribution in [0.5, 0.6) is 5.88 Å². The van der Waals surface area contributed by atoms with Crippen molar-refractivity contribution in [3.05, 3.63) is 48.8 Å². The number of nitrogens with one attached hydrogen (secondary N) is 3. The van der Waals surface area contributed by atoms with Gasteiger partial charge in [-0.15, -0.1) is 0 Å². The van der Waals surface area contributed by atoms with Gasteiger partial charge in [0.05, 0.1) is 7.11 Å². The summed E-state index contributed by atoms with van der Waals surface area (Å²) < 4.78 is 5.14. The third-order valence-corrected chi connectivity index (χ3v) is 3.57. The highest BCUT2D eigenvalue weighted by Gasteiger charge is 2.06. The van der Waals surface area contributed by atoms with Crippen LogP contribution in [-0.2, 0) is 0 Å². The van der Waals surface area contributed by atoms with Gasteiger partial charge in [0, 0.05) is 41.8 Å². The molecule has 3 N–H and O–H groups in total. The second kappa shape index (κ2) is 7.48. The molecule has 0 aliphatic rings. The fourth-order valence-corrected chi connectivity index (χ4v) is 2.42. The number of carbonyl (C=O) groups excluding carboxylic acids is 1. The Labute approximate surface area is 145 Å². The molecular weight excluding hydrogens is 318 g/mol. The van der Waals surface area contributed by atoms with Gasteiger partial charge in [-0.25, -0.2) is 14.8 Å². The maximum atomic E-state index is 11.6. The normalized spacial score (nSPS) is 10.3. The monoisotopic (exact) mass is 337 g/mol. The zero-order valence-corrected chi connectivity index (χ0v) is 14.0. The van der Waals surface area contributed by atoms with E-state index in [-0.39, 0.29) is 6.03 Å². The summed E-state index contributed by atoms with van der Waals surface area (Å²) in [5.74, 6) is 1.04. The number of urea groups is 1. The lowest BCUT2D eigenvalue weighted by atomic mass is 10.1. The summed E-state index contributed by atoms with van der Waals surface area (Å²) >= 11 is 0. The van der Waals surface area contributed by atoms with Gasteiger partial charge in [-0.2, -0.15) is 0 Å². The van der Waals surface area contributed by atoms with Crippen LogP contribution in [0.4, 0.5) is 22.0 Å². The van der Waals surface area contributed by atoms with Crippen molar-refractivity contribution in [2.45, 2.75) is 6.92 Å². The number of pyridine rings is 2. The largest absolute Gasteiger partial charge is 0.481 e. The van der Waals surface area contributed by atoms with Crippen LogP contribution >= 0.6 is 0 Å². The minimum atomic E-state index is -0.271. The molecule has 7 heteroatoms. The topological polar surface area (TPSA) is 88.2 Å². The summed E-state index contributed by atoms with van der Waals surface area (Å²) in [5, 5.41) is 10.6. The van der Waals surface area contributed by atoms with Crippen LogP contribution < -0.4 is 20.7 Å². The molecule has 0 spiro atoms. The maximum absolute atomic E-state index is 11.6. The van der Waals surface area contributed by atoms with Gasteiger partial charge < -0.3 is 15.4 Å². The molecule has 1 aromatic carbocycles. The molecule has 0 atom stereocenters. The highest BCUT2D eigenvalue weighted by molar-refractivity contribution is 5.97. The Morgan fingerprint density at radius 3 is 2.88 bits per heavy atom. The van der Waals surface area contributed by atoms with Crippen molar-refractivity contribution in [2.24, 2.45) is 0 Å². The van der Waals surface area contributed by atoms with E-state index in [9.17, 15) is 4.79 Å². The lowest BCUT2D eigenvalue weighted by Gasteiger charge is -2.11. The lowest BCUT2D eigenvalue weighted by Crippen LogP contribution is -2.28. The third-order valence-electron chi connectivity index (χ3n) is 3.57. The number of rotatable bonds is 5. The van der Waals surface area contributed by atoms with E-state index in [1.807, 2.05) is 43.3 Å². The number of methoxy groups -OCH3 is 1. The number of anilines is 3. The van der Waals surface area contributed by atoms with Gasteiger partial charge in [0.25, 0.3) is 0 Å². The number of hydrogen-bond acceptors (Lipinski definition) is 5. The van der Waals surface area contributed by atoms with E-state index >= 15 is 0 Å². The van der Waals surface area contributed by atoms with Crippen LogP contribution in [0, 0.1) is 0 Å². The molecule has 0 aliphatic heterocycles. The Morgan fingerprint density at radius 1 is 1.20 bits per heavy atom. The van der Waals surface area contributed by atoms with Gasteiger partial charge in [0.2, 0.25) is 5.88 Å². The summed E-state index contributed by atoms with van der Waals surface area (Å²) in [6.45, 7) is 2.42. The molecule has 0 unspecified atom stereocenters. The van der Waals surface area contributed by atoms with Crippen molar-refractivity contribution in [1.82, 2.24) is 15.3 Å². The highest BCUT2D eigenvalue weighted by Crippen LogP contribution is 2.28. The minimum Gasteiger partial charge on any atom is -0.481 e. The van der Waals surface area contributed by atoms with Crippen LogP contribution in [0.15, 0.2) is 48.8 Å². The zero-order valence-electron chi connectivity index (χ0n) is 14.0. The number of fused-ring (bicyclic) bond motifs is 1. The van der Waals surface area contributed by atoms with Gasteiger partial charge in [0.1, 0.15) is 5.82 Å². The van der Waals surface area contributed by atoms with Gasteiger partial charge in [-0.05, 0) is 30.5 Å². The highest BCUT2D eigenvalue weighted by atomic mass is 16.5. The molecule has 0 radical (unpaired) electrons. The molecule has 0 bridgehead atoms. The molecule has 25 heavy (non-hydrogen) atoms. The average Bonchev–Trinajstić information content (AvgIpc) is 2.62. The van der Waals surface area contributed by atoms with Crippen molar-refractivity contribution in [3.63, 3.8) is 0 Å². The quantitative estimate of drug-likeness (QED) is 0.663. The first-order valence-electron chi connectivity index (χ1n) is 7.90. The summed E-state index contributed by atoms with van der Waals surface area (Å²) in [4.78, 5) is 20.0. The molecule has 2 amide bonds. The Kier molecular flexibility index (Phi) is 4.94. The second-order valence-corrected chi connectivity index (χ2v) is 5.29. The second-order valence-electron chi connectivity index (χ2n) is 5.29. The fraction of sp³-hybridized carbons (Fsp3) is 0.167. The van der Waals surface area contributed by atoms with E-state index in [0.29, 0.717) is 18.2 Å². The van der Waals surface area contributed by atoms with Crippen LogP contribution in [-0.4, -0.2) is 29.7 Å². The van der Waals surface area contributed by atoms with E-state index in [4.69, 9.17) is 4.74 Å². The fourth-order valence-electron chi connectivity index (χ4n) is 2.42. The third kappa shape index (κ3) is 3.95. The minimum absolute atomic E-state index is 0.271. The summed E-state index contributed by atoms with van der Waals surface area (Å²) in [6.07, 6.45) is 3.41. The predicted octanol–water partition coefficient (Wildman–Crippen LogP) is 3.52. The van der Waals surface area contributed by atoms with E-state index in [0.717, 1.165) is 22.1 Å². The number of carbonyl (C=O) groups is 1. The summed E-state index contributed by atoms with van der Waals surface area (Å²) in [6, 6.07) is 11.1. The number of ether oxygens (including phenoxy) is 1. The molecule has 3 aromatic rings. The Hall–Kier alpha value is -3.35. The molecule has 0 fully saturated rings. The number of hydrogen-bond donors (Lipinski definition) is 3. The summed E-state index contributed by atoms with van der Waals surface area (Å²) in [7, 11) is 1.58. The first-order valence-corrected chi connectivity index (χ1v) is 7.90. The summed E-state index contributed by atoms with van der Waals surface area (Å²) in [5.41, 5.74) is 1.77. The predicted molar refractivity (Wildman–Crippen MR) is 98.5 cm³/mol. The van der Waals surface area contributed by atoms with Gasteiger partial charge >= 0.3 is 6.03 Å². The Balaban J connectivity index is 1.88. The van der Waals surface area contributed by atoms with E-state index in [1.54, 1.807) is 19.5 Å². The molecule has 128 valence electrons. The first kappa shape index (κ1) is 16.5. The van der Waals surface area contributed by atoms with Crippen molar-refractivity contribution in [3.8, 4) is 5.88 Å². The average molecular weight is 337 g/mol. The Bertz CT molecular complexity index is 898. The lowest BCUT2D eigenvalue weighted by molar-refractivity contribution is 0.252. The molecule has 3 rings (SSSR count). The van der Waals surface area contributed by atoms with E-state index in [1.165, 1.54) is 0 Å². The number of nitrogens with zero attached hydrogens (tertiary/aromatic N) is 2. The van der Waals surface area contributed by atoms with Crippen molar-refractivity contribution < 1.29 is 9.53 Å². The number of benzene rings is 1. The van der Waals surface area contributed by atoms with Crippen molar-refractivity contribution >= 4 is 34.0 Å². The molecular formula is C18H19N5O2. The molecule has 0 saturated heterocycles. The van der Waals surface area contributed by atoms with Gasteiger partial charge in [-0.1, -0.05) is 12.1 Å². The van der Waals surface area contributed by atoms with E-state index in [2.05, 4.69) is 25.9 Å². The SMILES string of the molecule is CCNC(=O)Nc1cc2cccc(Nc3ccnc(OC)c3)c2cn1. The molecule has 7 nitrogen and oxygen atoms in total. The number of aromatic nitrogens is 2. The standard InChI is InChI=1S/C18H19N5O2/c1-3-19-18(24)23-16-9-12-5-4-6-15(14(12)11-21-16)22-13-7-8-20-17(10-13)25-2/h4-11H,3H2,1-2H3,(H,20,22)(H2,19,21,23,24). The van der Waals surface area contributed by atoms with Crippen LogP contribution in [0.2, 0.25) is 0 Å². The smallest absolute Gasteiger partial charge is 0.320 e. The van der Waals surface area contributed by atoms with Crippen LogP contribution in [0.3, 0.4) is 0 Å². The van der Waals surface area contributed by atoms with Crippen molar-refractivity contribution in [1.29, 1.82) is 0 Å². The number of amides is 2. The molecule has 2 heterocycles. The molecule has 0 aliphatic carbocycles. The van der Waals surface area contributed by atoms with Crippen molar-refractivity contribution in [2.75, 3.05) is 24.3 Å². The molecule has 0 saturated carbocycles. The Morgan fingerprint density at radius 2 is 2.08 bits per heavy atom. The van der Waals surface area contributed by atoms with Gasteiger partial charge in [-0.3, -0.25) is 5.32 Å². The maximum Gasteiger partial charge on any atom is 0.320 e. The molecule has 2 aromatic heterocycles. The van der Waals surface area contributed by atoms with E-state index < -0.39 is 0 Å².